The van der Waals surface area contributed by atoms with Gasteiger partial charge in [-0.1, -0.05) is 12.1 Å². The average Bonchev–Trinajstić information content (AvgIpc) is 2.72. The van der Waals surface area contributed by atoms with E-state index in [4.69, 9.17) is 0 Å². The van der Waals surface area contributed by atoms with Crippen molar-refractivity contribution in [3.63, 3.8) is 0 Å². The van der Waals surface area contributed by atoms with Crippen molar-refractivity contribution in [3.8, 4) is 0 Å². The largest absolute Gasteiger partial charge is 0.357 e. The van der Waals surface area contributed by atoms with Crippen LogP contribution in [0.5, 0.6) is 0 Å². The number of aryl methyl sites for hydroxylation is 1. The maximum Gasteiger partial charge on any atom is 0.192 e. The summed E-state index contributed by atoms with van der Waals surface area (Å²) in [6.07, 6.45) is 0. The highest BCUT2D eigenvalue weighted by atomic mass is 15.2. The van der Waals surface area contributed by atoms with E-state index in [2.05, 4.69) is 58.9 Å². The number of aromatic nitrogens is 2. The fourth-order valence-corrected chi connectivity index (χ4v) is 2.15. The summed E-state index contributed by atoms with van der Waals surface area (Å²) in [5, 5.41) is 6.65. The minimum atomic E-state index is -0.0205. The topological polar surface area (TPSA) is 54.2 Å². The van der Waals surface area contributed by atoms with Crippen LogP contribution < -0.4 is 10.6 Å². The normalized spacial score (nSPS) is 12.7. The molecule has 0 spiro atoms. The average molecular weight is 287 g/mol. The second-order valence-electron chi connectivity index (χ2n) is 6.15. The van der Waals surface area contributed by atoms with Gasteiger partial charge in [0.15, 0.2) is 5.96 Å². The van der Waals surface area contributed by atoms with E-state index in [0.29, 0.717) is 6.54 Å². The molecule has 0 saturated carbocycles. The lowest BCUT2D eigenvalue weighted by Crippen LogP contribution is -2.47. The number of rotatable bonds is 3. The van der Waals surface area contributed by atoms with Crippen molar-refractivity contribution in [2.45, 2.75) is 39.8 Å². The lowest BCUT2D eigenvalue weighted by Gasteiger charge is -2.23. The molecule has 0 aliphatic heterocycles. The van der Waals surface area contributed by atoms with Crippen molar-refractivity contribution < 1.29 is 0 Å². The van der Waals surface area contributed by atoms with E-state index in [1.807, 2.05) is 25.2 Å². The predicted octanol–water partition coefficient (Wildman–Crippen LogP) is 2.43. The summed E-state index contributed by atoms with van der Waals surface area (Å²) in [5.74, 6) is 1.78. The molecule has 0 aliphatic rings. The van der Waals surface area contributed by atoms with Crippen molar-refractivity contribution in [1.82, 2.24) is 20.2 Å². The fraction of sp³-hybridized carbons (Fsp3) is 0.500. The van der Waals surface area contributed by atoms with Crippen LogP contribution in [0.1, 0.15) is 33.5 Å². The molecule has 2 rings (SSSR count). The van der Waals surface area contributed by atoms with Gasteiger partial charge in [-0.25, -0.2) is 9.98 Å². The summed E-state index contributed by atoms with van der Waals surface area (Å²) < 4.78 is 2.10. The molecular formula is C16H25N5. The first kappa shape index (κ1) is 15.4. The second kappa shape index (κ2) is 6.16. The first-order valence-electron chi connectivity index (χ1n) is 7.37. The summed E-state index contributed by atoms with van der Waals surface area (Å²) in [7, 11) is 2.03. The highest BCUT2D eigenvalue weighted by molar-refractivity contribution is 5.80. The fourth-order valence-electron chi connectivity index (χ4n) is 2.15. The lowest BCUT2D eigenvalue weighted by atomic mass is 10.1. The third-order valence-electron chi connectivity index (χ3n) is 3.10. The van der Waals surface area contributed by atoms with Gasteiger partial charge in [0, 0.05) is 19.1 Å². The Morgan fingerprint density at radius 3 is 2.62 bits per heavy atom. The van der Waals surface area contributed by atoms with Gasteiger partial charge in [-0.3, -0.25) is 0 Å². The molecular weight excluding hydrogens is 262 g/mol. The Labute approximate surface area is 126 Å². The Morgan fingerprint density at radius 1 is 1.29 bits per heavy atom. The molecule has 0 atom stereocenters. The second-order valence-corrected chi connectivity index (χ2v) is 6.15. The van der Waals surface area contributed by atoms with Crippen molar-refractivity contribution in [2.24, 2.45) is 12.0 Å². The molecule has 0 saturated heterocycles. The smallest absolute Gasteiger partial charge is 0.192 e. The molecule has 114 valence electrons. The monoisotopic (exact) mass is 287 g/mol. The Kier molecular flexibility index (Phi) is 4.50. The van der Waals surface area contributed by atoms with Crippen LogP contribution >= 0.6 is 0 Å². The number of imidazole rings is 1. The molecule has 5 heteroatoms. The van der Waals surface area contributed by atoms with Crippen LogP contribution in [-0.4, -0.2) is 27.6 Å². The molecule has 0 fully saturated rings. The third-order valence-corrected chi connectivity index (χ3v) is 3.10. The van der Waals surface area contributed by atoms with Crippen LogP contribution in [0.4, 0.5) is 0 Å². The van der Waals surface area contributed by atoms with Gasteiger partial charge in [-0.05, 0) is 39.8 Å². The summed E-state index contributed by atoms with van der Waals surface area (Å²) in [4.78, 5) is 9.28. The SMILES string of the molecule is CCNC(=NCc1nc2ccccc2n1C)NC(C)(C)C. The molecule has 21 heavy (non-hydrogen) atoms. The van der Waals surface area contributed by atoms with Gasteiger partial charge in [0.1, 0.15) is 12.4 Å². The molecule has 1 heterocycles. The van der Waals surface area contributed by atoms with Gasteiger partial charge in [0.05, 0.1) is 11.0 Å². The van der Waals surface area contributed by atoms with Gasteiger partial charge < -0.3 is 15.2 Å². The molecule has 5 nitrogen and oxygen atoms in total. The molecule has 0 bridgehead atoms. The molecule has 0 amide bonds. The predicted molar refractivity (Wildman–Crippen MR) is 88.4 cm³/mol. The Balaban J connectivity index is 2.21. The molecule has 1 aromatic carbocycles. The molecule has 0 radical (unpaired) electrons. The van der Waals surface area contributed by atoms with E-state index in [-0.39, 0.29) is 5.54 Å². The van der Waals surface area contributed by atoms with E-state index >= 15 is 0 Å². The van der Waals surface area contributed by atoms with E-state index in [9.17, 15) is 0 Å². The van der Waals surface area contributed by atoms with Crippen LogP contribution in [0.25, 0.3) is 11.0 Å². The Morgan fingerprint density at radius 2 is 2.00 bits per heavy atom. The number of guanidine groups is 1. The summed E-state index contributed by atoms with van der Waals surface area (Å²) in [5.41, 5.74) is 2.13. The molecule has 2 N–H and O–H groups in total. The van der Waals surface area contributed by atoms with Gasteiger partial charge in [-0.2, -0.15) is 0 Å². The lowest BCUT2D eigenvalue weighted by molar-refractivity contribution is 0.501. The molecule has 2 aromatic rings. The standard InChI is InChI=1S/C16H25N5/c1-6-17-15(20-16(2,3)4)18-11-14-19-12-9-7-8-10-13(12)21(14)5/h7-10H,6,11H2,1-5H3,(H2,17,18,20). The molecule has 0 unspecified atom stereocenters. The molecule has 0 aliphatic carbocycles. The number of fused-ring (bicyclic) bond motifs is 1. The van der Waals surface area contributed by atoms with E-state index < -0.39 is 0 Å². The van der Waals surface area contributed by atoms with Crippen LogP contribution in [0.3, 0.4) is 0 Å². The maximum atomic E-state index is 4.64. The van der Waals surface area contributed by atoms with E-state index in [1.165, 1.54) is 0 Å². The zero-order valence-electron chi connectivity index (χ0n) is 13.6. The number of aliphatic imine (C=N–C) groups is 1. The van der Waals surface area contributed by atoms with Crippen LogP contribution in [0, 0.1) is 0 Å². The third kappa shape index (κ3) is 3.97. The van der Waals surface area contributed by atoms with Crippen molar-refractivity contribution in [1.29, 1.82) is 0 Å². The zero-order chi connectivity index (χ0) is 15.5. The minimum absolute atomic E-state index is 0.0205. The number of benzene rings is 1. The van der Waals surface area contributed by atoms with Crippen LogP contribution in [-0.2, 0) is 13.6 Å². The number of hydrogen-bond acceptors (Lipinski definition) is 2. The van der Waals surface area contributed by atoms with Gasteiger partial charge >= 0.3 is 0 Å². The Bertz CT molecular complexity index is 634. The summed E-state index contributed by atoms with van der Waals surface area (Å²) in [6, 6.07) is 8.14. The van der Waals surface area contributed by atoms with Crippen molar-refractivity contribution in [3.05, 3.63) is 30.1 Å². The van der Waals surface area contributed by atoms with Crippen molar-refractivity contribution >= 4 is 17.0 Å². The first-order chi connectivity index (χ1) is 9.90. The summed E-state index contributed by atoms with van der Waals surface area (Å²) in [6.45, 7) is 9.81. The van der Waals surface area contributed by atoms with E-state index in [1.54, 1.807) is 0 Å². The van der Waals surface area contributed by atoms with Crippen LogP contribution in [0.15, 0.2) is 29.3 Å². The van der Waals surface area contributed by atoms with Crippen LogP contribution in [0.2, 0.25) is 0 Å². The van der Waals surface area contributed by atoms with Crippen molar-refractivity contribution in [2.75, 3.05) is 6.54 Å². The van der Waals surface area contributed by atoms with E-state index in [0.717, 1.165) is 29.4 Å². The number of para-hydroxylation sites is 2. The van der Waals surface area contributed by atoms with Gasteiger partial charge in [0.25, 0.3) is 0 Å². The minimum Gasteiger partial charge on any atom is -0.357 e. The zero-order valence-corrected chi connectivity index (χ0v) is 13.6. The van der Waals surface area contributed by atoms with Gasteiger partial charge in [0.2, 0.25) is 0 Å². The first-order valence-corrected chi connectivity index (χ1v) is 7.37. The summed E-state index contributed by atoms with van der Waals surface area (Å²) >= 11 is 0. The highest BCUT2D eigenvalue weighted by Crippen LogP contribution is 2.14. The van der Waals surface area contributed by atoms with Gasteiger partial charge in [-0.15, -0.1) is 0 Å². The number of nitrogens with one attached hydrogen (secondary N) is 2. The maximum absolute atomic E-state index is 4.64. The highest BCUT2D eigenvalue weighted by Gasteiger charge is 2.12. The molecule has 1 aromatic heterocycles. The Hall–Kier alpha value is -2.04. The number of hydrogen-bond donors (Lipinski definition) is 2. The quantitative estimate of drug-likeness (QED) is 0.673. The number of nitrogens with zero attached hydrogens (tertiary/aromatic N) is 3.